The van der Waals surface area contributed by atoms with Crippen LogP contribution in [-0.2, 0) is 17.9 Å². The largest absolute Gasteiger partial charge is 0.361 e. The Morgan fingerprint density at radius 1 is 1.24 bits per heavy atom. The first-order chi connectivity index (χ1) is 12.0. The van der Waals surface area contributed by atoms with Gasteiger partial charge in [-0.1, -0.05) is 17.3 Å². The summed E-state index contributed by atoms with van der Waals surface area (Å²) in [6.07, 6.45) is 0. The van der Waals surface area contributed by atoms with Gasteiger partial charge in [-0.2, -0.15) is 0 Å². The molecule has 2 fully saturated rings. The van der Waals surface area contributed by atoms with Crippen LogP contribution in [0, 0.1) is 31.5 Å². The van der Waals surface area contributed by atoms with E-state index in [4.69, 9.17) is 4.52 Å². The van der Waals surface area contributed by atoms with Crippen molar-refractivity contribution in [1.29, 1.82) is 0 Å². The first-order valence-electron chi connectivity index (χ1n) is 8.68. The van der Waals surface area contributed by atoms with Crippen LogP contribution < -0.4 is 0 Å². The fourth-order valence-corrected chi connectivity index (χ4v) is 4.11. The van der Waals surface area contributed by atoms with Gasteiger partial charge in [0.15, 0.2) is 0 Å². The average Bonchev–Trinajstić information content (AvgIpc) is 3.19. The number of aromatic nitrogens is 1. The van der Waals surface area contributed by atoms with E-state index in [2.05, 4.69) is 10.1 Å². The van der Waals surface area contributed by atoms with Gasteiger partial charge in [-0.25, -0.2) is 4.39 Å². The van der Waals surface area contributed by atoms with E-state index in [1.165, 1.54) is 12.1 Å². The Hall–Kier alpha value is -2.21. The second-order valence-electron chi connectivity index (χ2n) is 7.21. The Morgan fingerprint density at radius 3 is 2.76 bits per heavy atom. The molecule has 6 heteroatoms. The molecule has 1 aromatic heterocycles. The Morgan fingerprint density at radius 2 is 2.08 bits per heavy atom. The van der Waals surface area contributed by atoms with Crippen LogP contribution in [0.5, 0.6) is 0 Å². The Balaban J connectivity index is 1.40. The number of rotatable bonds is 4. The monoisotopic (exact) mass is 343 g/mol. The van der Waals surface area contributed by atoms with Crippen LogP contribution in [0.25, 0.3) is 0 Å². The fourth-order valence-electron chi connectivity index (χ4n) is 4.11. The van der Waals surface area contributed by atoms with E-state index in [9.17, 15) is 9.18 Å². The van der Waals surface area contributed by atoms with Crippen molar-refractivity contribution in [2.75, 3.05) is 19.6 Å². The zero-order chi connectivity index (χ0) is 17.6. The molecule has 132 valence electrons. The molecule has 0 spiro atoms. The first-order valence-corrected chi connectivity index (χ1v) is 8.68. The quantitative estimate of drug-likeness (QED) is 0.856. The molecule has 1 amide bonds. The molecular weight excluding hydrogens is 321 g/mol. The van der Waals surface area contributed by atoms with Crippen LogP contribution in [0.1, 0.15) is 22.6 Å². The van der Waals surface area contributed by atoms with Gasteiger partial charge >= 0.3 is 0 Å². The molecular formula is C19H22FN3O2. The lowest BCUT2D eigenvalue weighted by atomic mass is 10.0. The van der Waals surface area contributed by atoms with Gasteiger partial charge in [0.2, 0.25) is 5.91 Å². The zero-order valence-corrected chi connectivity index (χ0v) is 14.5. The van der Waals surface area contributed by atoms with Crippen molar-refractivity contribution in [3.8, 4) is 0 Å². The van der Waals surface area contributed by atoms with E-state index in [1.54, 1.807) is 6.07 Å². The second-order valence-corrected chi connectivity index (χ2v) is 7.21. The molecule has 0 bridgehead atoms. The molecule has 2 aliphatic heterocycles. The molecule has 0 radical (unpaired) electrons. The molecule has 2 aliphatic rings. The predicted molar refractivity (Wildman–Crippen MR) is 90.1 cm³/mol. The summed E-state index contributed by atoms with van der Waals surface area (Å²) < 4.78 is 18.6. The number of hydrogen-bond donors (Lipinski definition) is 0. The number of halogens is 1. The molecule has 0 aliphatic carbocycles. The fraction of sp³-hybridized carbons (Fsp3) is 0.474. The van der Waals surface area contributed by atoms with Crippen molar-refractivity contribution in [3.05, 3.63) is 52.7 Å². The van der Waals surface area contributed by atoms with Crippen LogP contribution in [-0.4, -0.2) is 40.5 Å². The molecule has 0 unspecified atom stereocenters. The maximum absolute atomic E-state index is 13.3. The predicted octanol–water partition coefficient (Wildman–Crippen LogP) is 2.52. The number of nitrogens with zero attached hydrogens (tertiary/aromatic N) is 3. The SMILES string of the molecule is Cc1noc(C)c1CN1C[C@H]2CN(Cc3cccc(F)c3)C(=O)[C@H]2C1. The van der Waals surface area contributed by atoms with Crippen molar-refractivity contribution in [2.45, 2.75) is 26.9 Å². The third kappa shape index (κ3) is 3.06. The highest BCUT2D eigenvalue weighted by Crippen LogP contribution is 2.34. The van der Waals surface area contributed by atoms with Gasteiger partial charge in [0.05, 0.1) is 11.6 Å². The van der Waals surface area contributed by atoms with Gasteiger partial charge in [0.25, 0.3) is 0 Å². The van der Waals surface area contributed by atoms with Crippen molar-refractivity contribution >= 4 is 5.91 Å². The second kappa shape index (κ2) is 6.26. The maximum atomic E-state index is 13.3. The van der Waals surface area contributed by atoms with Crippen molar-refractivity contribution in [3.63, 3.8) is 0 Å². The molecule has 25 heavy (non-hydrogen) atoms. The minimum atomic E-state index is -0.255. The lowest BCUT2D eigenvalue weighted by Gasteiger charge is -2.21. The topological polar surface area (TPSA) is 49.6 Å². The van der Waals surface area contributed by atoms with Gasteiger partial charge in [-0.3, -0.25) is 9.69 Å². The summed E-state index contributed by atoms with van der Waals surface area (Å²) in [6, 6.07) is 6.49. The van der Waals surface area contributed by atoms with E-state index >= 15 is 0 Å². The number of carbonyl (C=O) groups excluding carboxylic acids is 1. The Bertz CT molecular complexity index is 784. The maximum Gasteiger partial charge on any atom is 0.227 e. The van der Waals surface area contributed by atoms with Crippen LogP contribution in [0.15, 0.2) is 28.8 Å². The number of aryl methyl sites for hydroxylation is 2. The van der Waals surface area contributed by atoms with Gasteiger partial charge in [0, 0.05) is 44.2 Å². The van der Waals surface area contributed by atoms with Crippen LogP contribution in [0.3, 0.4) is 0 Å². The van der Waals surface area contributed by atoms with Crippen molar-refractivity contribution in [1.82, 2.24) is 15.0 Å². The van der Waals surface area contributed by atoms with Crippen LogP contribution >= 0.6 is 0 Å². The van der Waals surface area contributed by atoms with Crippen molar-refractivity contribution < 1.29 is 13.7 Å². The van der Waals surface area contributed by atoms with Crippen LogP contribution in [0.2, 0.25) is 0 Å². The average molecular weight is 343 g/mol. The summed E-state index contributed by atoms with van der Waals surface area (Å²) in [6.45, 7) is 7.58. The minimum Gasteiger partial charge on any atom is -0.361 e. The molecule has 3 heterocycles. The number of hydrogen-bond acceptors (Lipinski definition) is 4. The standard InChI is InChI=1S/C19H22FN3O2/c1-12-17(13(2)25-21-12)10-22-8-15-9-23(19(24)18(15)11-22)7-14-4-3-5-16(20)6-14/h3-6,15,18H,7-11H2,1-2H3/t15-,18-/m0/s1. The summed E-state index contributed by atoms with van der Waals surface area (Å²) >= 11 is 0. The lowest BCUT2D eigenvalue weighted by molar-refractivity contribution is -0.131. The molecule has 2 aromatic rings. The number of carbonyl (C=O) groups is 1. The minimum absolute atomic E-state index is 0.0500. The third-order valence-corrected chi connectivity index (χ3v) is 5.43. The van der Waals surface area contributed by atoms with Gasteiger partial charge in [0.1, 0.15) is 11.6 Å². The molecule has 5 nitrogen and oxygen atoms in total. The van der Waals surface area contributed by atoms with E-state index in [-0.39, 0.29) is 17.6 Å². The Kier molecular flexibility index (Phi) is 4.07. The third-order valence-electron chi connectivity index (χ3n) is 5.43. The summed E-state index contributed by atoms with van der Waals surface area (Å²) in [5, 5.41) is 4.00. The van der Waals surface area contributed by atoms with Crippen molar-refractivity contribution in [2.24, 2.45) is 11.8 Å². The van der Waals surface area contributed by atoms with Gasteiger partial charge < -0.3 is 9.42 Å². The van der Waals surface area contributed by atoms with Crippen LogP contribution in [0.4, 0.5) is 4.39 Å². The molecule has 4 rings (SSSR count). The number of fused-ring (bicyclic) bond motifs is 1. The normalized spacial score (nSPS) is 23.5. The zero-order valence-electron chi connectivity index (χ0n) is 14.5. The highest BCUT2D eigenvalue weighted by atomic mass is 19.1. The molecule has 1 aromatic carbocycles. The molecule has 2 atom stereocenters. The molecule has 0 N–H and O–H groups in total. The van der Waals surface area contributed by atoms with E-state index in [0.717, 1.165) is 48.8 Å². The number of amides is 1. The van der Waals surface area contributed by atoms with Gasteiger partial charge in [-0.15, -0.1) is 0 Å². The summed E-state index contributed by atoms with van der Waals surface area (Å²) in [5.41, 5.74) is 2.90. The lowest BCUT2D eigenvalue weighted by Crippen LogP contribution is -2.32. The van der Waals surface area contributed by atoms with E-state index in [0.29, 0.717) is 12.5 Å². The van der Waals surface area contributed by atoms with Gasteiger partial charge in [-0.05, 0) is 31.5 Å². The first kappa shape index (κ1) is 16.3. The van der Waals surface area contributed by atoms with E-state index < -0.39 is 0 Å². The summed E-state index contributed by atoms with van der Waals surface area (Å²) in [4.78, 5) is 16.9. The number of likely N-dealkylation sites (tertiary alicyclic amines) is 2. The molecule has 0 saturated carbocycles. The summed E-state index contributed by atoms with van der Waals surface area (Å²) in [5.74, 6) is 1.19. The van der Waals surface area contributed by atoms with E-state index in [1.807, 2.05) is 24.8 Å². The summed E-state index contributed by atoms with van der Waals surface area (Å²) in [7, 11) is 0. The Labute approximate surface area is 146 Å². The highest BCUT2D eigenvalue weighted by molar-refractivity contribution is 5.82. The molecule has 2 saturated heterocycles. The smallest absolute Gasteiger partial charge is 0.227 e. The number of benzene rings is 1. The highest BCUT2D eigenvalue weighted by Gasteiger charge is 2.46.